The number of methoxy groups -OCH3 is 1. The van der Waals surface area contributed by atoms with Crippen molar-refractivity contribution in [3.63, 3.8) is 0 Å². The van der Waals surface area contributed by atoms with Gasteiger partial charge < -0.3 is 9.47 Å². The Morgan fingerprint density at radius 3 is 2.75 bits per heavy atom. The topological polar surface area (TPSA) is 18.5 Å². The van der Waals surface area contributed by atoms with Gasteiger partial charge in [0.1, 0.15) is 11.5 Å². The zero-order valence-electron chi connectivity index (χ0n) is 7.13. The molecule has 0 aromatic heterocycles. The van der Waals surface area contributed by atoms with Gasteiger partial charge in [-0.05, 0) is 35.0 Å². The first kappa shape index (κ1) is 9.39. The Morgan fingerprint density at radius 1 is 1.42 bits per heavy atom. The molecule has 66 valence electrons. The van der Waals surface area contributed by atoms with Gasteiger partial charge in [-0.2, -0.15) is 0 Å². The van der Waals surface area contributed by atoms with Crippen LogP contribution in [0.15, 0.2) is 22.7 Å². The summed E-state index contributed by atoms with van der Waals surface area (Å²) in [6.07, 6.45) is 0. The molecule has 0 radical (unpaired) electrons. The van der Waals surface area contributed by atoms with Crippen LogP contribution in [0, 0.1) is 0 Å². The molecule has 0 aliphatic rings. The second kappa shape index (κ2) is 4.36. The van der Waals surface area contributed by atoms with E-state index in [2.05, 4.69) is 15.9 Å². The predicted octanol–water partition coefficient (Wildman–Crippen LogP) is 2.86. The minimum atomic E-state index is 0.658. The normalized spacial score (nSPS) is 9.58. The molecule has 2 nitrogen and oxygen atoms in total. The fourth-order valence-corrected chi connectivity index (χ4v) is 1.24. The summed E-state index contributed by atoms with van der Waals surface area (Å²) in [6, 6.07) is 5.64. The van der Waals surface area contributed by atoms with E-state index in [0.29, 0.717) is 6.61 Å². The van der Waals surface area contributed by atoms with Crippen molar-refractivity contribution in [1.29, 1.82) is 0 Å². The van der Waals surface area contributed by atoms with Crippen molar-refractivity contribution in [2.24, 2.45) is 0 Å². The van der Waals surface area contributed by atoms with Crippen LogP contribution in [0.2, 0.25) is 0 Å². The van der Waals surface area contributed by atoms with Crippen LogP contribution in [0.4, 0.5) is 0 Å². The van der Waals surface area contributed by atoms with Crippen molar-refractivity contribution in [1.82, 2.24) is 0 Å². The van der Waals surface area contributed by atoms with E-state index in [1.54, 1.807) is 7.11 Å². The van der Waals surface area contributed by atoms with Gasteiger partial charge >= 0.3 is 0 Å². The molecule has 0 saturated carbocycles. The van der Waals surface area contributed by atoms with E-state index in [0.717, 1.165) is 16.0 Å². The van der Waals surface area contributed by atoms with Crippen molar-refractivity contribution in [2.75, 3.05) is 13.7 Å². The monoisotopic (exact) mass is 230 g/mol. The fraction of sp³-hybridized carbons (Fsp3) is 0.333. The number of rotatable bonds is 3. The van der Waals surface area contributed by atoms with Crippen LogP contribution in [0.25, 0.3) is 0 Å². The van der Waals surface area contributed by atoms with E-state index >= 15 is 0 Å². The third kappa shape index (κ3) is 2.14. The maximum absolute atomic E-state index is 5.35. The molecule has 1 aromatic rings. The number of halogens is 1. The molecule has 0 bridgehead atoms. The largest absolute Gasteiger partial charge is 0.497 e. The summed E-state index contributed by atoms with van der Waals surface area (Å²) in [5.74, 6) is 1.62. The van der Waals surface area contributed by atoms with Crippen LogP contribution in [-0.2, 0) is 0 Å². The lowest BCUT2D eigenvalue weighted by Crippen LogP contribution is -1.93. The first-order valence-corrected chi connectivity index (χ1v) is 4.53. The van der Waals surface area contributed by atoms with Gasteiger partial charge in [0.05, 0.1) is 18.2 Å². The molecule has 0 heterocycles. The summed E-state index contributed by atoms with van der Waals surface area (Å²) in [5, 5.41) is 0. The summed E-state index contributed by atoms with van der Waals surface area (Å²) in [7, 11) is 1.64. The lowest BCUT2D eigenvalue weighted by molar-refractivity contribution is 0.334. The van der Waals surface area contributed by atoms with Crippen molar-refractivity contribution in [2.45, 2.75) is 6.92 Å². The van der Waals surface area contributed by atoms with E-state index < -0.39 is 0 Å². The van der Waals surface area contributed by atoms with Gasteiger partial charge in [0, 0.05) is 6.07 Å². The van der Waals surface area contributed by atoms with Crippen LogP contribution >= 0.6 is 15.9 Å². The summed E-state index contributed by atoms with van der Waals surface area (Å²) in [6.45, 7) is 2.61. The highest BCUT2D eigenvalue weighted by atomic mass is 79.9. The number of ether oxygens (including phenoxy) is 2. The molecular formula is C9H11BrO2. The van der Waals surface area contributed by atoms with Crippen LogP contribution in [0.1, 0.15) is 6.92 Å². The maximum Gasteiger partial charge on any atom is 0.137 e. The fourth-order valence-electron chi connectivity index (χ4n) is 0.877. The Hall–Kier alpha value is -0.700. The molecule has 1 rings (SSSR count). The molecule has 12 heavy (non-hydrogen) atoms. The average Bonchev–Trinajstić information content (AvgIpc) is 2.09. The number of hydrogen-bond acceptors (Lipinski definition) is 2. The van der Waals surface area contributed by atoms with Crippen LogP contribution in [-0.4, -0.2) is 13.7 Å². The third-order valence-corrected chi connectivity index (χ3v) is 2.09. The molecule has 1 aromatic carbocycles. The van der Waals surface area contributed by atoms with Gasteiger partial charge in [-0.25, -0.2) is 0 Å². The Kier molecular flexibility index (Phi) is 3.41. The number of benzene rings is 1. The number of hydrogen-bond donors (Lipinski definition) is 0. The van der Waals surface area contributed by atoms with Crippen molar-refractivity contribution < 1.29 is 9.47 Å². The summed E-state index contributed by atoms with van der Waals surface area (Å²) in [4.78, 5) is 0. The standard InChI is InChI=1S/C9H11BrO2/c1-3-12-9-6-7(11-2)4-5-8(9)10/h4-6H,3H2,1-2H3. The van der Waals surface area contributed by atoms with Gasteiger partial charge in [-0.1, -0.05) is 0 Å². The van der Waals surface area contributed by atoms with Crippen molar-refractivity contribution in [3.8, 4) is 11.5 Å². The average molecular weight is 231 g/mol. The molecule has 0 spiro atoms. The quantitative estimate of drug-likeness (QED) is 0.796. The second-order valence-corrected chi connectivity index (χ2v) is 3.08. The van der Waals surface area contributed by atoms with Crippen molar-refractivity contribution in [3.05, 3.63) is 22.7 Å². The van der Waals surface area contributed by atoms with Crippen LogP contribution < -0.4 is 9.47 Å². The van der Waals surface area contributed by atoms with Gasteiger partial charge in [0.15, 0.2) is 0 Å². The summed E-state index contributed by atoms with van der Waals surface area (Å²) >= 11 is 3.38. The molecule has 0 N–H and O–H groups in total. The van der Waals surface area contributed by atoms with Gasteiger partial charge in [0.25, 0.3) is 0 Å². The summed E-state index contributed by atoms with van der Waals surface area (Å²) < 4.78 is 11.4. The van der Waals surface area contributed by atoms with E-state index in [-0.39, 0.29) is 0 Å². The van der Waals surface area contributed by atoms with Gasteiger partial charge in [0.2, 0.25) is 0 Å². The minimum absolute atomic E-state index is 0.658. The Morgan fingerprint density at radius 2 is 2.17 bits per heavy atom. The zero-order valence-corrected chi connectivity index (χ0v) is 8.72. The minimum Gasteiger partial charge on any atom is -0.497 e. The lowest BCUT2D eigenvalue weighted by Gasteiger charge is -2.07. The predicted molar refractivity (Wildman–Crippen MR) is 51.9 cm³/mol. The van der Waals surface area contributed by atoms with E-state index in [1.165, 1.54) is 0 Å². The second-order valence-electron chi connectivity index (χ2n) is 2.23. The molecule has 0 aliphatic heterocycles. The molecule has 0 saturated heterocycles. The van der Waals surface area contributed by atoms with Crippen LogP contribution in [0.5, 0.6) is 11.5 Å². The molecule has 0 unspecified atom stereocenters. The molecular weight excluding hydrogens is 220 g/mol. The van der Waals surface area contributed by atoms with Crippen LogP contribution in [0.3, 0.4) is 0 Å². The summed E-state index contributed by atoms with van der Waals surface area (Å²) in [5.41, 5.74) is 0. The van der Waals surface area contributed by atoms with E-state index in [1.807, 2.05) is 25.1 Å². The molecule has 3 heteroatoms. The van der Waals surface area contributed by atoms with Gasteiger partial charge in [-0.3, -0.25) is 0 Å². The Labute approximate surface area is 80.6 Å². The molecule has 0 amide bonds. The first-order chi connectivity index (χ1) is 5.77. The first-order valence-electron chi connectivity index (χ1n) is 3.74. The molecule has 0 fully saturated rings. The van der Waals surface area contributed by atoms with Crippen molar-refractivity contribution >= 4 is 15.9 Å². The maximum atomic E-state index is 5.35. The zero-order chi connectivity index (χ0) is 8.97. The van der Waals surface area contributed by atoms with E-state index in [9.17, 15) is 0 Å². The van der Waals surface area contributed by atoms with Gasteiger partial charge in [-0.15, -0.1) is 0 Å². The highest BCUT2D eigenvalue weighted by Crippen LogP contribution is 2.28. The highest BCUT2D eigenvalue weighted by molar-refractivity contribution is 9.10. The Bertz CT molecular complexity index is 261. The molecule has 0 aliphatic carbocycles. The lowest BCUT2D eigenvalue weighted by atomic mass is 10.3. The highest BCUT2D eigenvalue weighted by Gasteiger charge is 2.01. The smallest absolute Gasteiger partial charge is 0.137 e. The molecule has 0 atom stereocenters. The van der Waals surface area contributed by atoms with E-state index in [4.69, 9.17) is 9.47 Å². The SMILES string of the molecule is CCOc1cc(OC)ccc1Br. The third-order valence-electron chi connectivity index (χ3n) is 1.44. The Balaban J connectivity index is 2.91.